The topological polar surface area (TPSA) is 56.6 Å². The van der Waals surface area contributed by atoms with Gasteiger partial charge in [-0.05, 0) is 48.2 Å². The molecule has 1 aliphatic heterocycles. The molecule has 3 aromatic rings. The molecule has 4 rings (SSSR count). The molecular weight excluding hydrogens is 366 g/mol. The molecule has 2 heterocycles. The summed E-state index contributed by atoms with van der Waals surface area (Å²) in [5.41, 5.74) is 2.96. The van der Waals surface area contributed by atoms with Crippen LogP contribution < -0.4 is 9.47 Å². The number of hydrogen-bond acceptors (Lipinski definition) is 4. The molecule has 0 saturated carbocycles. The first-order chi connectivity index (χ1) is 14.2. The Labute approximate surface area is 170 Å². The lowest BCUT2D eigenvalue weighted by atomic mass is 10.1. The predicted molar refractivity (Wildman–Crippen MR) is 110 cm³/mol. The van der Waals surface area contributed by atoms with Gasteiger partial charge in [-0.1, -0.05) is 25.1 Å². The van der Waals surface area contributed by atoms with Crippen LogP contribution in [0, 0.1) is 0 Å². The summed E-state index contributed by atoms with van der Waals surface area (Å²) in [6, 6.07) is 13.7. The van der Waals surface area contributed by atoms with E-state index in [4.69, 9.17) is 9.47 Å². The number of nitrogens with zero attached hydrogens (tertiary/aromatic N) is 3. The van der Waals surface area contributed by atoms with Crippen molar-refractivity contribution >= 4 is 5.91 Å². The highest BCUT2D eigenvalue weighted by molar-refractivity contribution is 5.94. The van der Waals surface area contributed by atoms with Gasteiger partial charge in [0.15, 0.2) is 11.5 Å². The Bertz CT molecular complexity index is 952. The highest BCUT2D eigenvalue weighted by Crippen LogP contribution is 2.33. The Morgan fingerprint density at radius 1 is 1.10 bits per heavy atom. The van der Waals surface area contributed by atoms with E-state index in [1.54, 1.807) is 12.5 Å². The molecular formula is C23H25N3O3. The van der Waals surface area contributed by atoms with Crippen molar-refractivity contribution in [3.8, 4) is 11.5 Å². The number of ether oxygens (including phenoxy) is 2. The number of amides is 1. The average Bonchev–Trinajstić information content (AvgIpc) is 3.44. The third kappa shape index (κ3) is 4.59. The summed E-state index contributed by atoms with van der Waals surface area (Å²) in [5, 5.41) is 0. The lowest BCUT2D eigenvalue weighted by molar-refractivity contribution is 0.0739. The predicted octanol–water partition coefficient (Wildman–Crippen LogP) is 3.91. The normalized spacial score (nSPS) is 12.2. The fraction of sp³-hybridized carbons (Fsp3) is 0.304. The molecule has 0 saturated heterocycles. The molecule has 0 atom stereocenters. The van der Waals surface area contributed by atoms with Crippen molar-refractivity contribution in [1.82, 2.24) is 14.5 Å². The maximum Gasteiger partial charge on any atom is 0.254 e. The summed E-state index contributed by atoms with van der Waals surface area (Å²) in [7, 11) is 0. The van der Waals surface area contributed by atoms with Gasteiger partial charge in [-0.3, -0.25) is 4.79 Å². The molecule has 1 aromatic heterocycles. The molecule has 1 aliphatic rings. The molecule has 0 unspecified atom stereocenters. The molecule has 0 bridgehead atoms. The van der Waals surface area contributed by atoms with Crippen molar-refractivity contribution in [2.24, 2.45) is 0 Å². The van der Waals surface area contributed by atoms with Crippen LogP contribution in [0.2, 0.25) is 0 Å². The van der Waals surface area contributed by atoms with E-state index >= 15 is 0 Å². The minimum absolute atomic E-state index is 0.0379. The molecule has 6 nitrogen and oxygen atoms in total. The molecule has 29 heavy (non-hydrogen) atoms. The summed E-state index contributed by atoms with van der Waals surface area (Å²) in [6.45, 7) is 4.35. The van der Waals surface area contributed by atoms with Crippen LogP contribution in [0.15, 0.2) is 61.2 Å². The van der Waals surface area contributed by atoms with Gasteiger partial charge in [-0.15, -0.1) is 0 Å². The van der Waals surface area contributed by atoms with Crippen LogP contribution in [0.5, 0.6) is 11.5 Å². The highest BCUT2D eigenvalue weighted by Gasteiger charge is 2.19. The standard InChI is InChI=1S/C23H25N3O3/c1-2-18-4-7-20(8-5-18)23(27)26(12-3-11-25-13-10-24-16-25)15-19-6-9-21-22(14-19)29-17-28-21/h4-10,13-14,16H,2-3,11-12,15,17H2,1H3. The summed E-state index contributed by atoms with van der Waals surface area (Å²) in [5.74, 6) is 1.53. The van der Waals surface area contributed by atoms with Crippen molar-refractivity contribution in [1.29, 1.82) is 0 Å². The van der Waals surface area contributed by atoms with Crippen LogP contribution in [-0.4, -0.2) is 33.7 Å². The average molecular weight is 391 g/mol. The molecule has 1 amide bonds. The Morgan fingerprint density at radius 3 is 2.66 bits per heavy atom. The molecule has 2 aromatic carbocycles. The smallest absolute Gasteiger partial charge is 0.254 e. The fourth-order valence-electron chi connectivity index (χ4n) is 3.44. The number of imidazole rings is 1. The van der Waals surface area contributed by atoms with Crippen LogP contribution >= 0.6 is 0 Å². The maximum absolute atomic E-state index is 13.2. The van der Waals surface area contributed by atoms with E-state index in [0.29, 0.717) is 18.7 Å². The first-order valence-electron chi connectivity index (χ1n) is 9.95. The largest absolute Gasteiger partial charge is 0.454 e. The molecule has 0 spiro atoms. The number of aryl methyl sites for hydroxylation is 2. The lowest BCUT2D eigenvalue weighted by Gasteiger charge is -2.23. The quantitative estimate of drug-likeness (QED) is 0.584. The zero-order chi connectivity index (χ0) is 20.1. The van der Waals surface area contributed by atoms with Crippen molar-refractivity contribution in [2.45, 2.75) is 32.9 Å². The second kappa shape index (κ2) is 8.82. The van der Waals surface area contributed by atoms with Crippen molar-refractivity contribution < 1.29 is 14.3 Å². The second-order valence-corrected chi connectivity index (χ2v) is 7.12. The van der Waals surface area contributed by atoms with Crippen LogP contribution in [0.4, 0.5) is 0 Å². The Morgan fingerprint density at radius 2 is 1.90 bits per heavy atom. The van der Waals surface area contributed by atoms with Gasteiger partial charge < -0.3 is 18.9 Å². The minimum atomic E-state index is 0.0379. The molecule has 0 aliphatic carbocycles. The monoisotopic (exact) mass is 391 g/mol. The van der Waals surface area contributed by atoms with Crippen LogP contribution in [0.25, 0.3) is 0 Å². The molecule has 6 heteroatoms. The first kappa shape index (κ1) is 19.1. The zero-order valence-corrected chi connectivity index (χ0v) is 16.6. The molecule has 0 N–H and O–H groups in total. The van der Waals surface area contributed by atoms with Crippen LogP contribution in [0.3, 0.4) is 0 Å². The van der Waals surface area contributed by atoms with Gasteiger partial charge in [0.25, 0.3) is 5.91 Å². The van der Waals surface area contributed by atoms with Crippen LogP contribution in [-0.2, 0) is 19.5 Å². The zero-order valence-electron chi connectivity index (χ0n) is 16.6. The third-order valence-corrected chi connectivity index (χ3v) is 5.11. The van der Waals surface area contributed by atoms with Crippen molar-refractivity contribution in [3.05, 3.63) is 77.9 Å². The van der Waals surface area contributed by atoms with Crippen LogP contribution in [0.1, 0.15) is 34.8 Å². The Balaban J connectivity index is 1.49. The Hall–Kier alpha value is -3.28. The van der Waals surface area contributed by atoms with E-state index in [1.807, 2.05) is 58.1 Å². The maximum atomic E-state index is 13.2. The third-order valence-electron chi connectivity index (χ3n) is 5.11. The van der Waals surface area contributed by atoms with Crippen molar-refractivity contribution in [3.63, 3.8) is 0 Å². The minimum Gasteiger partial charge on any atom is -0.454 e. The van der Waals surface area contributed by atoms with E-state index in [9.17, 15) is 4.79 Å². The number of carbonyl (C=O) groups excluding carboxylic acids is 1. The van der Waals surface area contributed by atoms with E-state index in [0.717, 1.165) is 36.4 Å². The summed E-state index contributed by atoms with van der Waals surface area (Å²) < 4.78 is 12.9. The summed E-state index contributed by atoms with van der Waals surface area (Å²) >= 11 is 0. The van der Waals surface area contributed by atoms with Gasteiger partial charge in [0, 0.05) is 37.6 Å². The molecule has 150 valence electrons. The number of aromatic nitrogens is 2. The van der Waals surface area contributed by atoms with Gasteiger partial charge in [0.2, 0.25) is 6.79 Å². The lowest BCUT2D eigenvalue weighted by Crippen LogP contribution is -2.32. The second-order valence-electron chi connectivity index (χ2n) is 7.12. The van der Waals surface area contributed by atoms with Crippen molar-refractivity contribution in [2.75, 3.05) is 13.3 Å². The number of rotatable bonds is 8. The van der Waals surface area contributed by atoms with Gasteiger partial charge in [0.05, 0.1) is 6.33 Å². The first-order valence-corrected chi connectivity index (χ1v) is 9.95. The fourth-order valence-corrected chi connectivity index (χ4v) is 3.44. The van der Waals surface area contributed by atoms with Gasteiger partial charge in [-0.25, -0.2) is 4.98 Å². The Kier molecular flexibility index (Phi) is 5.79. The van der Waals surface area contributed by atoms with E-state index in [-0.39, 0.29) is 12.7 Å². The summed E-state index contributed by atoms with van der Waals surface area (Å²) in [4.78, 5) is 19.2. The highest BCUT2D eigenvalue weighted by atomic mass is 16.7. The van der Waals surface area contributed by atoms with E-state index < -0.39 is 0 Å². The molecule has 0 fully saturated rings. The summed E-state index contributed by atoms with van der Waals surface area (Å²) in [6.07, 6.45) is 7.31. The number of fused-ring (bicyclic) bond motifs is 1. The van der Waals surface area contributed by atoms with Gasteiger partial charge in [0.1, 0.15) is 0 Å². The van der Waals surface area contributed by atoms with E-state index in [2.05, 4.69) is 11.9 Å². The van der Waals surface area contributed by atoms with E-state index in [1.165, 1.54) is 5.56 Å². The number of hydrogen-bond donors (Lipinski definition) is 0. The molecule has 0 radical (unpaired) electrons. The SMILES string of the molecule is CCc1ccc(C(=O)N(CCCn2ccnc2)Cc2ccc3c(c2)OCO3)cc1. The van der Waals surface area contributed by atoms with Gasteiger partial charge >= 0.3 is 0 Å². The number of benzene rings is 2. The number of carbonyl (C=O) groups is 1. The van der Waals surface area contributed by atoms with Gasteiger partial charge in [-0.2, -0.15) is 0 Å².